The molecule has 0 unspecified atom stereocenters. The summed E-state index contributed by atoms with van der Waals surface area (Å²) in [6, 6.07) is 15.2. The van der Waals surface area contributed by atoms with Gasteiger partial charge in [-0.05, 0) is 55.7 Å². The molecule has 0 aliphatic heterocycles. The number of hydrogen-bond donors (Lipinski definition) is 1. The molecule has 0 aromatic heterocycles. The van der Waals surface area contributed by atoms with E-state index in [2.05, 4.69) is 11.4 Å². The lowest BCUT2D eigenvalue weighted by molar-refractivity contribution is -0.116. The Balaban J connectivity index is 1.92. The summed E-state index contributed by atoms with van der Waals surface area (Å²) in [4.78, 5) is 12.2. The third-order valence-electron chi connectivity index (χ3n) is 3.77. The molecule has 0 atom stereocenters. The molecular weight excluding hydrogens is 328 g/mol. The number of carbonyl (C=O) groups excluding carboxylic acids is 1. The van der Waals surface area contributed by atoms with Gasteiger partial charge in [0.15, 0.2) is 11.5 Å². The predicted molar refractivity (Wildman–Crippen MR) is 101 cm³/mol. The zero-order valence-electron chi connectivity index (χ0n) is 15.2. The van der Waals surface area contributed by atoms with Gasteiger partial charge in [-0.25, -0.2) is 0 Å². The average Bonchev–Trinajstić information content (AvgIpc) is 2.64. The van der Waals surface area contributed by atoms with Crippen LogP contribution < -0.4 is 14.8 Å². The number of carbonyl (C=O) groups is 1. The highest BCUT2D eigenvalue weighted by Crippen LogP contribution is 2.29. The molecule has 0 fully saturated rings. The van der Waals surface area contributed by atoms with Crippen LogP contribution in [0.15, 0.2) is 42.5 Å². The number of rotatable bonds is 9. The molecule has 2 aromatic carbocycles. The highest BCUT2D eigenvalue weighted by molar-refractivity contribution is 5.90. The van der Waals surface area contributed by atoms with Crippen molar-refractivity contribution >= 4 is 11.6 Å². The van der Waals surface area contributed by atoms with E-state index in [1.54, 1.807) is 0 Å². The largest absolute Gasteiger partial charge is 0.490 e. The Kier molecular flexibility index (Phi) is 7.50. The van der Waals surface area contributed by atoms with Crippen LogP contribution in [0.2, 0.25) is 0 Å². The van der Waals surface area contributed by atoms with Gasteiger partial charge in [-0.2, -0.15) is 5.26 Å². The minimum absolute atomic E-state index is 0.0510. The Morgan fingerprint density at radius 1 is 1.00 bits per heavy atom. The summed E-state index contributed by atoms with van der Waals surface area (Å²) in [5.41, 5.74) is 2.69. The number of ether oxygens (including phenoxy) is 2. The van der Waals surface area contributed by atoms with Gasteiger partial charge < -0.3 is 14.8 Å². The molecule has 0 heterocycles. The highest BCUT2D eigenvalue weighted by Gasteiger charge is 2.08. The maximum Gasteiger partial charge on any atom is 0.224 e. The number of hydrogen-bond acceptors (Lipinski definition) is 4. The Bertz CT molecular complexity index is 764. The second-order valence-electron chi connectivity index (χ2n) is 5.73. The molecule has 5 heteroatoms. The zero-order valence-corrected chi connectivity index (χ0v) is 15.2. The number of nitrogens with zero attached hydrogens (tertiary/aromatic N) is 1. The molecule has 0 bridgehead atoms. The van der Waals surface area contributed by atoms with Gasteiger partial charge in [0.25, 0.3) is 0 Å². The number of benzene rings is 2. The van der Waals surface area contributed by atoms with Crippen LogP contribution in [0.25, 0.3) is 0 Å². The second-order valence-corrected chi connectivity index (χ2v) is 5.73. The molecule has 0 aliphatic rings. The first-order valence-electron chi connectivity index (χ1n) is 8.80. The van der Waals surface area contributed by atoms with Gasteiger partial charge in [0.1, 0.15) is 0 Å². The number of amides is 1. The van der Waals surface area contributed by atoms with E-state index in [0.717, 1.165) is 22.6 Å². The van der Waals surface area contributed by atoms with Crippen LogP contribution in [0.4, 0.5) is 5.69 Å². The molecule has 1 amide bonds. The van der Waals surface area contributed by atoms with Crippen molar-refractivity contribution in [1.82, 2.24) is 0 Å². The summed E-state index contributed by atoms with van der Waals surface area (Å²) >= 11 is 0. The minimum atomic E-state index is -0.0510. The SMILES string of the molecule is CCOc1ccc(CCC(=O)Nc2ccc(CC#N)cc2)cc1OCC. The van der Waals surface area contributed by atoms with Crippen LogP contribution in [0.3, 0.4) is 0 Å². The second kappa shape index (κ2) is 10.1. The van der Waals surface area contributed by atoms with Gasteiger partial charge in [-0.3, -0.25) is 4.79 Å². The first kappa shape index (κ1) is 19.3. The van der Waals surface area contributed by atoms with E-state index in [-0.39, 0.29) is 5.91 Å². The Hall–Kier alpha value is -3.00. The molecule has 0 aliphatic carbocycles. The van der Waals surface area contributed by atoms with E-state index in [9.17, 15) is 4.79 Å². The molecule has 136 valence electrons. The lowest BCUT2D eigenvalue weighted by Crippen LogP contribution is -2.12. The fraction of sp³-hybridized carbons (Fsp3) is 0.333. The maximum absolute atomic E-state index is 12.2. The number of anilines is 1. The van der Waals surface area contributed by atoms with Gasteiger partial charge >= 0.3 is 0 Å². The summed E-state index contributed by atoms with van der Waals surface area (Å²) < 4.78 is 11.2. The molecule has 0 saturated heterocycles. The predicted octanol–water partition coefficient (Wildman–Crippen LogP) is 4.12. The van der Waals surface area contributed by atoms with Crippen molar-refractivity contribution in [3.05, 3.63) is 53.6 Å². The third-order valence-corrected chi connectivity index (χ3v) is 3.77. The van der Waals surface area contributed by atoms with Crippen LogP contribution in [-0.4, -0.2) is 19.1 Å². The van der Waals surface area contributed by atoms with E-state index >= 15 is 0 Å². The molecule has 2 rings (SSSR count). The Labute approximate surface area is 154 Å². The lowest BCUT2D eigenvalue weighted by atomic mass is 10.1. The van der Waals surface area contributed by atoms with Crippen LogP contribution >= 0.6 is 0 Å². The quantitative estimate of drug-likeness (QED) is 0.737. The Morgan fingerprint density at radius 2 is 1.65 bits per heavy atom. The summed E-state index contributed by atoms with van der Waals surface area (Å²) in [5.74, 6) is 1.38. The molecule has 1 N–H and O–H groups in total. The van der Waals surface area contributed by atoms with Gasteiger partial charge in [0, 0.05) is 12.1 Å². The van der Waals surface area contributed by atoms with Crippen molar-refractivity contribution in [3.63, 3.8) is 0 Å². The van der Waals surface area contributed by atoms with Crippen LogP contribution in [-0.2, 0) is 17.6 Å². The van der Waals surface area contributed by atoms with Crippen molar-refractivity contribution in [2.24, 2.45) is 0 Å². The van der Waals surface area contributed by atoms with E-state index in [0.29, 0.717) is 38.2 Å². The van der Waals surface area contributed by atoms with Crippen molar-refractivity contribution in [2.45, 2.75) is 33.1 Å². The Morgan fingerprint density at radius 3 is 2.31 bits per heavy atom. The number of nitrogens with one attached hydrogen (secondary N) is 1. The summed E-state index contributed by atoms with van der Waals surface area (Å²) in [5, 5.41) is 11.6. The zero-order chi connectivity index (χ0) is 18.8. The molecule has 2 aromatic rings. The number of nitriles is 1. The van der Waals surface area contributed by atoms with Crippen molar-refractivity contribution < 1.29 is 14.3 Å². The van der Waals surface area contributed by atoms with Gasteiger partial charge in [-0.15, -0.1) is 0 Å². The standard InChI is InChI=1S/C21H24N2O3/c1-3-25-19-11-7-17(15-20(19)26-4-2)8-12-21(24)23-18-9-5-16(6-10-18)13-14-22/h5-7,9-11,15H,3-4,8,12-13H2,1-2H3,(H,23,24). The molecule has 5 nitrogen and oxygen atoms in total. The first-order chi connectivity index (χ1) is 12.7. The van der Waals surface area contributed by atoms with Gasteiger partial charge in [0.2, 0.25) is 5.91 Å². The fourth-order valence-electron chi connectivity index (χ4n) is 2.53. The van der Waals surface area contributed by atoms with Crippen molar-refractivity contribution in [3.8, 4) is 17.6 Å². The maximum atomic E-state index is 12.2. The average molecular weight is 352 g/mol. The third kappa shape index (κ3) is 5.82. The van der Waals surface area contributed by atoms with Crippen LogP contribution in [0.1, 0.15) is 31.4 Å². The van der Waals surface area contributed by atoms with E-state index in [1.165, 1.54) is 0 Å². The van der Waals surface area contributed by atoms with Crippen LogP contribution in [0, 0.1) is 11.3 Å². The van der Waals surface area contributed by atoms with Gasteiger partial charge in [0.05, 0.1) is 25.7 Å². The smallest absolute Gasteiger partial charge is 0.224 e. The van der Waals surface area contributed by atoms with E-state index < -0.39 is 0 Å². The normalized spacial score (nSPS) is 10.0. The highest BCUT2D eigenvalue weighted by atomic mass is 16.5. The summed E-state index contributed by atoms with van der Waals surface area (Å²) in [6.45, 7) is 5.00. The van der Waals surface area contributed by atoms with Crippen LogP contribution in [0.5, 0.6) is 11.5 Å². The lowest BCUT2D eigenvalue weighted by Gasteiger charge is -2.12. The summed E-state index contributed by atoms with van der Waals surface area (Å²) in [7, 11) is 0. The summed E-state index contributed by atoms with van der Waals surface area (Å²) in [6.07, 6.45) is 1.36. The molecule has 0 spiro atoms. The monoisotopic (exact) mass is 352 g/mol. The fourth-order valence-corrected chi connectivity index (χ4v) is 2.53. The van der Waals surface area contributed by atoms with Crippen molar-refractivity contribution in [2.75, 3.05) is 18.5 Å². The molecule has 0 radical (unpaired) electrons. The first-order valence-corrected chi connectivity index (χ1v) is 8.80. The molecular formula is C21H24N2O3. The van der Waals surface area contributed by atoms with E-state index in [1.807, 2.05) is 56.3 Å². The number of aryl methyl sites for hydroxylation is 1. The van der Waals surface area contributed by atoms with Crippen molar-refractivity contribution in [1.29, 1.82) is 5.26 Å². The topological polar surface area (TPSA) is 71.3 Å². The van der Waals surface area contributed by atoms with Gasteiger partial charge in [-0.1, -0.05) is 18.2 Å². The minimum Gasteiger partial charge on any atom is -0.490 e. The molecule has 26 heavy (non-hydrogen) atoms. The van der Waals surface area contributed by atoms with E-state index in [4.69, 9.17) is 14.7 Å². The molecule has 0 saturated carbocycles.